The summed E-state index contributed by atoms with van der Waals surface area (Å²) in [4.78, 5) is 11.0. The van der Waals surface area contributed by atoms with Crippen LogP contribution in [0.3, 0.4) is 0 Å². The molecule has 2 aliphatic heterocycles. The molecule has 0 fully saturated rings. The molecule has 7 nitrogen and oxygen atoms in total. The molecule has 0 bridgehead atoms. The zero-order valence-corrected chi connectivity index (χ0v) is 13.5. The Balaban J connectivity index is 1.64. The van der Waals surface area contributed by atoms with Gasteiger partial charge in [0.25, 0.3) is 5.69 Å². The number of nitro benzene ring substituents is 1. The molecule has 1 atom stereocenters. The third-order valence-corrected chi connectivity index (χ3v) is 4.96. The fraction of sp³-hybridized carbons (Fsp3) is 0.188. The van der Waals surface area contributed by atoms with Crippen LogP contribution < -0.4 is 14.9 Å². The summed E-state index contributed by atoms with van der Waals surface area (Å²) in [5, 5.41) is 16.2. The minimum Gasteiger partial charge on any atom is -0.454 e. The molecule has 0 radical (unpaired) electrons. The number of benzene rings is 2. The number of nitrogens with one attached hydrogen (secondary N) is 1. The first-order chi connectivity index (χ1) is 11.6. The Morgan fingerprint density at radius 1 is 1.25 bits per heavy atom. The second-order valence-electron chi connectivity index (χ2n) is 5.43. The van der Waals surface area contributed by atoms with Crippen molar-refractivity contribution in [3.63, 3.8) is 0 Å². The van der Waals surface area contributed by atoms with E-state index in [0.717, 1.165) is 10.6 Å². The largest absolute Gasteiger partial charge is 0.454 e. The van der Waals surface area contributed by atoms with Crippen LogP contribution in [0.15, 0.2) is 41.5 Å². The van der Waals surface area contributed by atoms with Gasteiger partial charge >= 0.3 is 0 Å². The van der Waals surface area contributed by atoms with Crippen molar-refractivity contribution in [3.05, 3.63) is 63.2 Å². The Morgan fingerprint density at radius 3 is 2.67 bits per heavy atom. The summed E-state index contributed by atoms with van der Waals surface area (Å²) >= 11 is 1.44. The Morgan fingerprint density at radius 2 is 1.96 bits per heavy atom. The molecule has 0 saturated carbocycles. The molecule has 0 unspecified atom stereocenters. The van der Waals surface area contributed by atoms with Gasteiger partial charge in [0, 0.05) is 5.56 Å². The molecule has 2 heterocycles. The number of hydrogen-bond donors (Lipinski definition) is 1. The number of hydrogen-bond acceptors (Lipinski definition) is 7. The predicted molar refractivity (Wildman–Crippen MR) is 90.4 cm³/mol. The van der Waals surface area contributed by atoms with Crippen LogP contribution in [0.4, 0.5) is 5.69 Å². The van der Waals surface area contributed by atoms with E-state index in [2.05, 4.69) is 10.5 Å². The monoisotopic (exact) mass is 343 g/mol. The Bertz CT molecular complexity index is 851. The molecule has 4 rings (SSSR count). The third-order valence-electron chi connectivity index (χ3n) is 3.81. The summed E-state index contributed by atoms with van der Waals surface area (Å²) in [6.07, 6.45) is 0. The molecule has 0 spiro atoms. The summed E-state index contributed by atoms with van der Waals surface area (Å²) in [5.74, 6) is 0.912. The highest BCUT2D eigenvalue weighted by atomic mass is 32.2. The number of fused-ring (bicyclic) bond motifs is 1. The SMILES string of the molecule is Cc1ccc(C2=NN[C@H](c3cc4c(cc3[N+](=O)[O-])OCO4)S2)cc1. The lowest BCUT2D eigenvalue weighted by Gasteiger charge is -2.11. The maximum atomic E-state index is 11.4. The van der Waals surface area contributed by atoms with E-state index in [1.807, 2.05) is 31.2 Å². The molecular formula is C16H13N3O4S. The summed E-state index contributed by atoms with van der Waals surface area (Å²) in [5.41, 5.74) is 5.62. The number of rotatable bonds is 3. The van der Waals surface area contributed by atoms with Gasteiger partial charge in [-0.2, -0.15) is 5.10 Å². The van der Waals surface area contributed by atoms with Gasteiger partial charge in [-0.25, -0.2) is 0 Å². The second kappa shape index (κ2) is 5.72. The lowest BCUT2D eigenvalue weighted by Crippen LogP contribution is -2.09. The smallest absolute Gasteiger partial charge is 0.279 e. The van der Waals surface area contributed by atoms with E-state index in [1.165, 1.54) is 23.4 Å². The number of ether oxygens (including phenoxy) is 2. The van der Waals surface area contributed by atoms with Crippen LogP contribution in [0.25, 0.3) is 0 Å². The Hall–Kier alpha value is -2.74. The lowest BCUT2D eigenvalue weighted by atomic mass is 10.1. The first kappa shape index (κ1) is 14.8. The molecule has 2 aliphatic rings. The topological polar surface area (TPSA) is 86.0 Å². The first-order valence-corrected chi connectivity index (χ1v) is 8.14. The van der Waals surface area contributed by atoms with E-state index in [9.17, 15) is 10.1 Å². The van der Waals surface area contributed by atoms with Gasteiger partial charge in [-0.3, -0.25) is 15.5 Å². The molecule has 0 aliphatic carbocycles. The Kier molecular flexibility index (Phi) is 3.53. The van der Waals surface area contributed by atoms with Crippen molar-refractivity contribution in [2.75, 3.05) is 6.79 Å². The Labute approximate surface area is 141 Å². The van der Waals surface area contributed by atoms with Crippen molar-refractivity contribution < 1.29 is 14.4 Å². The van der Waals surface area contributed by atoms with Gasteiger partial charge in [-0.05, 0) is 13.0 Å². The van der Waals surface area contributed by atoms with Gasteiger partial charge in [0.2, 0.25) is 6.79 Å². The zero-order chi connectivity index (χ0) is 16.7. The average Bonchev–Trinajstić information content (AvgIpc) is 3.23. The molecule has 0 aromatic heterocycles. The summed E-state index contributed by atoms with van der Waals surface area (Å²) in [7, 11) is 0. The quantitative estimate of drug-likeness (QED) is 0.679. The normalized spacial score (nSPS) is 18.2. The van der Waals surface area contributed by atoms with Crippen molar-refractivity contribution >= 4 is 22.5 Å². The van der Waals surface area contributed by atoms with Crippen LogP contribution in [0.2, 0.25) is 0 Å². The number of nitrogens with zero attached hydrogens (tertiary/aromatic N) is 2. The fourth-order valence-electron chi connectivity index (χ4n) is 2.56. The van der Waals surface area contributed by atoms with Crippen LogP contribution in [-0.4, -0.2) is 16.8 Å². The van der Waals surface area contributed by atoms with Crippen molar-refractivity contribution in [2.24, 2.45) is 5.10 Å². The standard InChI is InChI=1S/C16H13N3O4S/c1-9-2-4-10(5-3-9)15-17-18-16(24-15)11-6-13-14(23-8-22-13)7-12(11)19(20)21/h2-7,16,18H,8H2,1H3/t16-/m0/s1. The van der Waals surface area contributed by atoms with Gasteiger partial charge in [0.05, 0.1) is 16.6 Å². The van der Waals surface area contributed by atoms with Gasteiger partial charge in [0.1, 0.15) is 10.4 Å². The molecule has 2 aromatic carbocycles. The van der Waals surface area contributed by atoms with E-state index in [1.54, 1.807) is 6.07 Å². The zero-order valence-electron chi connectivity index (χ0n) is 12.7. The maximum Gasteiger partial charge on any atom is 0.279 e. The highest BCUT2D eigenvalue weighted by Crippen LogP contribution is 2.44. The second-order valence-corrected chi connectivity index (χ2v) is 6.53. The minimum atomic E-state index is -0.413. The highest BCUT2D eigenvalue weighted by Gasteiger charge is 2.32. The van der Waals surface area contributed by atoms with Gasteiger partial charge < -0.3 is 9.47 Å². The summed E-state index contributed by atoms with van der Waals surface area (Å²) in [6.45, 7) is 2.09. The fourth-order valence-corrected chi connectivity index (χ4v) is 3.58. The van der Waals surface area contributed by atoms with Crippen molar-refractivity contribution in [1.82, 2.24) is 5.43 Å². The number of nitro groups is 1. The molecule has 122 valence electrons. The van der Waals surface area contributed by atoms with E-state index in [-0.39, 0.29) is 17.9 Å². The van der Waals surface area contributed by atoms with E-state index >= 15 is 0 Å². The minimum absolute atomic E-state index is 0.00962. The van der Waals surface area contributed by atoms with Crippen LogP contribution in [0.5, 0.6) is 11.5 Å². The van der Waals surface area contributed by atoms with E-state index in [4.69, 9.17) is 9.47 Å². The van der Waals surface area contributed by atoms with Crippen molar-refractivity contribution in [1.29, 1.82) is 0 Å². The van der Waals surface area contributed by atoms with E-state index in [0.29, 0.717) is 17.1 Å². The van der Waals surface area contributed by atoms with Crippen LogP contribution >= 0.6 is 11.8 Å². The number of thioether (sulfide) groups is 1. The van der Waals surface area contributed by atoms with Crippen molar-refractivity contribution in [3.8, 4) is 11.5 Å². The van der Waals surface area contributed by atoms with Gasteiger partial charge in [-0.1, -0.05) is 41.6 Å². The average molecular weight is 343 g/mol. The van der Waals surface area contributed by atoms with Crippen LogP contribution in [0.1, 0.15) is 22.1 Å². The van der Waals surface area contributed by atoms with Gasteiger partial charge in [0.15, 0.2) is 11.5 Å². The molecule has 2 aromatic rings. The van der Waals surface area contributed by atoms with E-state index < -0.39 is 4.92 Å². The molecule has 0 saturated heterocycles. The molecule has 24 heavy (non-hydrogen) atoms. The molecule has 8 heteroatoms. The first-order valence-electron chi connectivity index (χ1n) is 7.26. The number of aryl methyl sites for hydroxylation is 1. The molecule has 0 amide bonds. The highest BCUT2D eigenvalue weighted by molar-refractivity contribution is 8.14. The maximum absolute atomic E-state index is 11.4. The van der Waals surface area contributed by atoms with Crippen molar-refractivity contribution in [2.45, 2.75) is 12.3 Å². The van der Waals surface area contributed by atoms with Gasteiger partial charge in [-0.15, -0.1) is 0 Å². The van der Waals surface area contributed by atoms with Crippen LogP contribution in [-0.2, 0) is 0 Å². The number of hydrazone groups is 1. The molecule has 1 N–H and O–H groups in total. The van der Waals surface area contributed by atoms with Crippen LogP contribution in [0, 0.1) is 17.0 Å². The predicted octanol–water partition coefficient (Wildman–Crippen LogP) is 3.33. The molecular weight excluding hydrogens is 330 g/mol. The summed E-state index contributed by atoms with van der Waals surface area (Å²) < 4.78 is 10.6. The third kappa shape index (κ3) is 2.54. The lowest BCUT2D eigenvalue weighted by molar-refractivity contribution is -0.385. The summed E-state index contributed by atoms with van der Waals surface area (Å²) in [6, 6.07) is 11.0.